The van der Waals surface area contributed by atoms with Crippen LogP contribution in [0.2, 0.25) is 0 Å². The van der Waals surface area contributed by atoms with Crippen molar-refractivity contribution in [3.05, 3.63) is 253 Å². The predicted molar refractivity (Wildman–Crippen MR) is 274 cm³/mol. The second-order valence-corrected chi connectivity index (χ2v) is 17.2. The summed E-state index contributed by atoms with van der Waals surface area (Å²) in [7, 11) is 0. The molecule has 1 aromatic heterocycles. The van der Waals surface area contributed by atoms with Gasteiger partial charge in [0.1, 0.15) is 11.2 Å². The molecule has 308 valence electrons. The molecule has 1 atom stereocenters. The standard InChI is InChI=1S/C63H45NO/c1-42-37-39-50(44-21-6-3-7-22-44)63-47(42)29-18-32-56(63)52-27-10-14-35-59(52)64(57-33-12-8-25-48(57)46-38-40-54-53-28-11-15-36-60(53)65-61(54)41-46)58-34-13-9-26-51(58)55-31-17-24-45-23-16-30-49(62(45)55)43-19-4-2-5-20-43/h2-36,38-42H,37H2,1H3. The molecule has 0 aliphatic heterocycles. The lowest BCUT2D eigenvalue weighted by Gasteiger charge is -2.33. The van der Waals surface area contributed by atoms with Gasteiger partial charge in [0.2, 0.25) is 0 Å². The van der Waals surface area contributed by atoms with Crippen LogP contribution in [-0.4, -0.2) is 0 Å². The van der Waals surface area contributed by atoms with Gasteiger partial charge >= 0.3 is 0 Å². The summed E-state index contributed by atoms with van der Waals surface area (Å²) in [6.07, 6.45) is 3.45. The van der Waals surface area contributed by atoms with E-state index in [1.807, 2.05) is 6.07 Å². The molecule has 65 heavy (non-hydrogen) atoms. The number of nitrogens with zero attached hydrogens (tertiary/aromatic N) is 1. The number of hydrogen-bond donors (Lipinski definition) is 0. The van der Waals surface area contributed by atoms with Crippen LogP contribution in [0.25, 0.3) is 82.8 Å². The first kappa shape index (κ1) is 38.5. The molecule has 2 nitrogen and oxygen atoms in total. The molecule has 0 spiro atoms. The van der Waals surface area contributed by atoms with Crippen LogP contribution in [0.15, 0.2) is 241 Å². The van der Waals surface area contributed by atoms with Crippen LogP contribution in [0.5, 0.6) is 0 Å². The maximum absolute atomic E-state index is 6.52. The van der Waals surface area contributed by atoms with Crippen molar-refractivity contribution in [2.45, 2.75) is 19.3 Å². The van der Waals surface area contributed by atoms with E-state index >= 15 is 0 Å². The van der Waals surface area contributed by atoms with Crippen molar-refractivity contribution < 1.29 is 4.42 Å². The van der Waals surface area contributed by atoms with Crippen molar-refractivity contribution in [3.8, 4) is 44.5 Å². The average Bonchev–Trinajstić information content (AvgIpc) is 3.75. The minimum atomic E-state index is 0.389. The SMILES string of the molecule is CC1CC=C(c2ccccc2)c2c(-c3ccccc3N(c3ccccc3-c3ccc4c(c3)oc3ccccc34)c3ccccc3-c3cccc4cccc(-c5ccccc5)c34)cccc21. The summed E-state index contributed by atoms with van der Waals surface area (Å²) < 4.78 is 6.52. The molecule has 10 aromatic carbocycles. The summed E-state index contributed by atoms with van der Waals surface area (Å²) in [6, 6.07) is 83.8. The van der Waals surface area contributed by atoms with Gasteiger partial charge in [0, 0.05) is 27.5 Å². The zero-order valence-corrected chi connectivity index (χ0v) is 36.2. The second kappa shape index (κ2) is 16.2. The van der Waals surface area contributed by atoms with E-state index in [2.05, 4.69) is 242 Å². The van der Waals surface area contributed by atoms with Crippen molar-refractivity contribution in [3.63, 3.8) is 0 Å². The van der Waals surface area contributed by atoms with Gasteiger partial charge in [-0.05, 0) is 110 Å². The Morgan fingerprint density at radius 3 is 1.68 bits per heavy atom. The van der Waals surface area contributed by atoms with Crippen LogP contribution in [0.3, 0.4) is 0 Å². The number of allylic oxidation sites excluding steroid dienone is 1. The first-order chi connectivity index (χ1) is 32.2. The molecule has 1 aliphatic rings. The number of furan rings is 1. The summed E-state index contributed by atoms with van der Waals surface area (Å²) in [5, 5.41) is 4.68. The third-order valence-electron chi connectivity index (χ3n) is 13.4. The molecule has 1 unspecified atom stereocenters. The minimum absolute atomic E-state index is 0.389. The van der Waals surface area contributed by atoms with Crippen LogP contribution in [0, 0.1) is 0 Å². The Morgan fingerprint density at radius 2 is 0.938 bits per heavy atom. The Labute approximate surface area is 380 Å². The number of benzene rings is 10. The topological polar surface area (TPSA) is 16.4 Å². The number of anilines is 3. The van der Waals surface area contributed by atoms with E-state index in [0.29, 0.717) is 5.92 Å². The van der Waals surface area contributed by atoms with Crippen molar-refractivity contribution in [1.82, 2.24) is 0 Å². The van der Waals surface area contributed by atoms with Crippen molar-refractivity contribution in [2.75, 3.05) is 4.90 Å². The molecule has 0 bridgehead atoms. The van der Waals surface area contributed by atoms with Gasteiger partial charge < -0.3 is 9.32 Å². The van der Waals surface area contributed by atoms with Gasteiger partial charge in [0.05, 0.1) is 17.1 Å². The highest BCUT2D eigenvalue weighted by Gasteiger charge is 2.28. The van der Waals surface area contributed by atoms with E-state index < -0.39 is 0 Å². The average molecular weight is 832 g/mol. The third-order valence-corrected chi connectivity index (χ3v) is 13.4. The van der Waals surface area contributed by atoms with Crippen LogP contribution >= 0.6 is 0 Å². The van der Waals surface area contributed by atoms with Gasteiger partial charge in [-0.25, -0.2) is 0 Å². The lowest BCUT2D eigenvalue weighted by atomic mass is 9.77. The number of rotatable bonds is 8. The molecule has 0 amide bonds. The molecule has 2 heteroatoms. The summed E-state index contributed by atoms with van der Waals surface area (Å²) in [4.78, 5) is 2.52. The fraction of sp³-hybridized carbons (Fsp3) is 0.0476. The van der Waals surface area contributed by atoms with Crippen LogP contribution in [0.4, 0.5) is 17.1 Å². The maximum atomic E-state index is 6.52. The zero-order chi connectivity index (χ0) is 43.3. The van der Waals surface area contributed by atoms with Gasteiger partial charge in [0.15, 0.2) is 0 Å². The molecule has 0 N–H and O–H groups in total. The number of para-hydroxylation sites is 4. The number of fused-ring (bicyclic) bond motifs is 5. The molecule has 11 aromatic rings. The van der Waals surface area contributed by atoms with Crippen molar-refractivity contribution in [2.24, 2.45) is 0 Å². The fourth-order valence-corrected chi connectivity index (χ4v) is 10.3. The van der Waals surface area contributed by atoms with Crippen LogP contribution < -0.4 is 4.90 Å². The van der Waals surface area contributed by atoms with Gasteiger partial charge in [-0.1, -0.05) is 207 Å². The molecule has 0 saturated carbocycles. The molecule has 1 heterocycles. The summed E-state index contributed by atoms with van der Waals surface area (Å²) >= 11 is 0. The lowest BCUT2D eigenvalue weighted by Crippen LogP contribution is -2.14. The van der Waals surface area contributed by atoms with E-state index in [0.717, 1.165) is 62.1 Å². The third kappa shape index (κ3) is 6.65. The summed E-state index contributed by atoms with van der Waals surface area (Å²) in [6.45, 7) is 2.36. The van der Waals surface area contributed by atoms with Gasteiger partial charge in [-0.15, -0.1) is 0 Å². The quantitative estimate of drug-likeness (QED) is 0.152. The lowest BCUT2D eigenvalue weighted by molar-refractivity contribution is 0.669. The minimum Gasteiger partial charge on any atom is -0.456 e. The first-order valence-corrected chi connectivity index (χ1v) is 22.7. The van der Waals surface area contributed by atoms with E-state index in [4.69, 9.17) is 4.42 Å². The van der Waals surface area contributed by atoms with Crippen molar-refractivity contribution >= 4 is 55.3 Å². The van der Waals surface area contributed by atoms with Gasteiger partial charge in [-0.3, -0.25) is 0 Å². The van der Waals surface area contributed by atoms with E-state index in [-0.39, 0.29) is 0 Å². The molecular weight excluding hydrogens is 787 g/mol. The Morgan fingerprint density at radius 1 is 0.400 bits per heavy atom. The van der Waals surface area contributed by atoms with Gasteiger partial charge in [0.25, 0.3) is 0 Å². The summed E-state index contributed by atoms with van der Waals surface area (Å²) in [5.74, 6) is 0.389. The van der Waals surface area contributed by atoms with E-state index in [1.165, 1.54) is 60.9 Å². The van der Waals surface area contributed by atoms with Crippen LogP contribution in [0.1, 0.15) is 36.0 Å². The maximum Gasteiger partial charge on any atom is 0.136 e. The Bertz CT molecular complexity index is 3590. The molecule has 0 radical (unpaired) electrons. The Kier molecular flexibility index (Phi) is 9.57. The normalized spacial score (nSPS) is 13.5. The highest BCUT2D eigenvalue weighted by Crippen LogP contribution is 2.51. The highest BCUT2D eigenvalue weighted by atomic mass is 16.3. The molecule has 12 rings (SSSR count). The van der Waals surface area contributed by atoms with Gasteiger partial charge in [-0.2, -0.15) is 0 Å². The van der Waals surface area contributed by atoms with Crippen LogP contribution in [-0.2, 0) is 0 Å². The monoisotopic (exact) mass is 831 g/mol. The second-order valence-electron chi connectivity index (χ2n) is 17.2. The molecule has 1 aliphatic carbocycles. The van der Waals surface area contributed by atoms with E-state index in [9.17, 15) is 0 Å². The zero-order valence-electron chi connectivity index (χ0n) is 36.2. The molecule has 0 saturated heterocycles. The fourth-order valence-electron chi connectivity index (χ4n) is 10.3. The molecular formula is C63H45NO. The molecule has 0 fully saturated rings. The number of hydrogen-bond acceptors (Lipinski definition) is 2. The Balaban J connectivity index is 1.14. The largest absolute Gasteiger partial charge is 0.456 e. The highest BCUT2D eigenvalue weighted by molar-refractivity contribution is 6.10. The Hall–Kier alpha value is -8.20. The first-order valence-electron chi connectivity index (χ1n) is 22.7. The predicted octanol–water partition coefficient (Wildman–Crippen LogP) is 17.8. The van der Waals surface area contributed by atoms with Crippen molar-refractivity contribution in [1.29, 1.82) is 0 Å². The van der Waals surface area contributed by atoms with E-state index in [1.54, 1.807) is 0 Å². The summed E-state index contributed by atoms with van der Waals surface area (Å²) in [5.41, 5.74) is 19.6. The smallest absolute Gasteiger partial charge is 0.136 e.